The van der Waals surface area contributed by atoms with Crippen LogP contribution in [0.4, 0.5) is 0 Å². The molecule has 0 bridgehead atoms. The second-order valence-electron chi connectivity index (χ2n) is 1.41. The van der Waals surface area contributed by atoms with Gasteiger partial charge >= 0.3 is 5.97 Å². The van der Waals surface area contributed by atoms with Crippen LogP contribution in [0.1, 0.15) is 13.8 Å². The van der Waals surface area contributed by atoms with E-state index in [1.807, 2.05) is 13.2 Å². The minimum Gasteiger partial charge on any atom is -0.452 e. The molecule has 0 amide bonds. The van der Waals surface area contributed by atoms with Gasteiger partial charge in [0, 0.05) is 6.92 Å². The van der Waals surface area contributed by atoms with Crippen LogP contribution in [0.5, 0.6) is 0 Å². The van der Waals surface area contributed by atoms with Crippen molar-refractivity contribution in [2.24, 2.45) is 0 Å². The van der Waals surface area contributed by atoms with Crippen LogP contribution in [0.15, 0.2) is 0 Å². The summed E-state index contributed by atoms with van der Waals surface area (Å²) in [7, 11) is 0. The van der Waals surface area contributed by atoms with Crippen LogP contribution in [0.25, 0.3) is 0 Å². The predicted octanol–water partition coefficient (Wildman–Crippen LogP) is 1.26. The van der Waals surface area contributed by atoms with Crippen molar-refractivity contribution >= 4 is 17.7 Å². The Bertz CT molecular complexity index is 82.5. The Balaban J connectivity index is 3.24. The number of ether oxygens (including phenoxy) is 1. The van der Waals surface area contributed by atoms with Crippen molar-refractivity contribution < 1.29 is 9.53 Å². The molecular weight excluding hydrogens is 124 g/mol. The van der Waals surface area contributed by atoms with Gasteiger partial charge in [0.2, 0.25) is 0 Å². The molecule has 0 N–H and O–H groups in total. The van der Waals surface area contributed by atoms with Gasteiger partial charge in [0.05, 0.1) is 0 Å². The summed E-state index contributed by atoms with van der Waals surface area (Å²) in [6.07, 6.45) is 1.90. The van der Waals surface area contributed by atoms with Gasteiger partial charge in [0.1, 0.15) is 5.44 Å². The first kappa shape index (κ1) is 7.82. The second-order valence-corrected chi connectivity index (χ2v) is 2.55. The van der Waals surface area contributed by atoms with Gasteiger partial charge in [-0.25, -0.2) is 0 Å². The Kier molecular flexibility index (Phi) is 3.69. The van der Waals surface area contributed by atoms with Gasteiger partial charge in [-0.05, 0) is 13.2 Å². The first-order valence-electron chi connectivity index (χ1n) is 2.37. The van der Waals surface area contributed by atoms with Crippen LogP contribution in [0.3, 0.4) is 0 Å². The van der Waals surface area contributed by atoms with E-state index in [9.17, 15) is 4.79 Å². The minimum atomic E-state index is -0.216. The molecule has 0 aromatic carbocycles. The molecule has 2 nitrogen and oxygen atoms in total. The van der Waals surface area contributed by atoms with Gasteiger partial charge in [0.15, 0.2) is 0 Å². The first-order valence-corrected chi connectivity index (χ1v) is 3.65. The van der Waals surface area contributed by atoms with Crippen molar-refractivity contribution in [1.29, 1.82) is 0 Å². The van der Waals surface area contributed by atoms with Gasteiger partial charge in [-0.15, -0.1) is 11.8 Å². The van der Waals surface area contributed by atoms with Crippen molar-refractivity contribution in [3.8, 4) is 0 Å². The van der Waals surface area contributed by atoms with Crippen LogP contribution < -0.4 is 0 Å². The van der Waals surface area contributed by atoms with Crippen LogP contribution >= 0.6 is 11.8 Å². The lowest BCUT2D eigenvalue weighted by Crippen LogP contribution is -2.06. The first-order chi connectivity index (χ1) is 3.66. The highest BCUT2D eigenvalue weighted by molar-refractivity contribution is 7.99. The molecule has 0 rings (SSSR count). The summed E-state index contributed by atoms with van der Waals surface area (Å²) in [4.78, 5) is 10.2. The SMILES string of the molecule is CSC(C)OC(C)=O. The number of carbonyl (C=O) groups excluding carboxylic acids is 1. The summed E-state index contributed by atoms with van der Waals surface area (Å²) in [5.41, 5.74) is -0.00694. The minimum absolute atomic E-state index is 0.00694. The lowest BCUT2D eigenvalue weighted by molar-refractivity contribution is -0.141. The highest BCUT2D eigenvalue weighted by atomic mass is 32.2. The summed E-state index contributed by atoms with van der Waals surface area (Å²) in [5.74, 6) is -0.216. The van der Waals surface area contributed by atoms with Gasteiger partial charge in [-0.3, -0.25) is 4.79 Å². The smallest absolute Gasteiger partial charge is 0.303 e. The molecular formula is C5H10O2S. The van der Waals surface area contributed by atoms with Crippen molar-refractivity contribution in [3.05, 3.63) is 0 Å². The number of esters is 1. The number of carbonyl (C=O) groups is 1. The molecule has 0 aliphatic heterocycles. The molecule has 3 heteroatoms. The molecule has 1 atom stereocenters. The summed E-state index contributed by atoms with van der Waals surface area (Å²) < 4.78 is 4.72. The Hall–Kier alpha value is -0.180. The van der Waals surface area contributed by atoms with Gasteiger partial charge < -0.3 is 4.74 Å². The molecule has 0 aliphatic rings. The van der Waals surface area contributed by atoms with E-state index in [0.717, 1.165) is 0 Å². The monoisotopic (exact) mass is 134 g/mol. The molecule has 0 fully saturated rings. The average molecular weight is 134 g/mol. The van der Waals surface area contributed by atoms with E-state index in [0.29, 0.717) is 0 Å². The fourth-order valence-electron chi connectivity index (χ4n) is 0.282. The molecule has 0 heterocycles. The third-order valence-electron chi connectivity index (χ3n) is 0.664. The standard InChI is InChI=1S/C5H10O2S/c1-4(6)7-5(2)8-3/h5H,1-3H3. The van der Waals surface area contributed by atoms with Crippen molar-refractivity contribution in [2.75, 3.05) is 6.26 Å². The average Bonchev–Trinajstić information content (AvgIpc) is 1.65. The zero-order valence-electron chi connectivity index (χ0n) is 5.30. The number of rotatable bonds is 2. The van der Waals surface area contributed by atoms with Crippen LogP contribution in [-0.2, 0) is 9.53 Å². The molecule has 0 saturated heterocycles. The van der Waals surface area contributed by atoms with E-state index in [1.54, 1.807) is 0 Å². The lowest BCUT2D eigenvalue weighted by atomic mass is 10.8. The highest BCUT2D eigenvalue weighted by Gasteiger charge is 1.99. The quantitative estimate of drug-likeness (QED) is 0.420. The molecule has 48 valence electrons. The van der Waals surface area contributed by atoms with Gasteiger partial charge in [-0.1, -0.05) is 0 Å². The van der Waals surface area contributed by atoms with Gasteiger partial charge in [-0.2, -0.15) is 0 Å². The number of hydrogen-bond donors (Lipinski definition) is 0. The van der Waals surface area contributed by atoms with Crippen LogP contribution in [0.2, 0.25) is 0 Å². The Morgan fingerprint density at radius 2 is 2.25 bits per heavy atom. The zero-order valence-corrected chi connectivity index (χ0v) is 6.12. The molecule has 0 aliphatic carbocycles. The summed E-state index contributed by atoms with van der Waals surface area (Å²) in [5, 5.41) is 0. The Morgan fingerprint density at radius 1 is 1.75 bits per heavy atom. The molecule has 1 unspecified atom stereocenters. The van der Waals surface area contributed by atoms with Gasteiger partial charge in [0.25, 0.3) is 0 Å². The maximum absolute atomic E-state index is 10.2. The topological polar surface area (TPSA) is 26.3 Å². The normalized spacial score (nSPS) is 12.9. The third-order valence-corrected chi connectivity index (χ3v) is 1.42. The fourth-order valence-corrected chi connectivity index (χ4v) is 0.514. The van der Waals surface area contributed by atoms with E-state index in [1.165, 1.54) is 18.7 Å². The zero-order chi connectivity index (χ0) is 6.57. The number of hydrogen-bond acceptors (Lipinski definition) is 3. The maximum atomic E-state index is 10.2. The Labute approximate surface area is 53.6 Å². The molecule has 8 heavy (non-hydrogen) atoms. The van der Waals surface area contributed by atoms with E-state index in [4.69, 9.17) is 4.74 Å². The lowest BCUT2D eigenvalue weighted by Gasteiger charge is -2.06. The van der Waals surface area contributed by atoms with Crippen molar-refractivity contribution in [1.82, 2.24) is 0 Å². The largest absolute Gasteiger partial charge is 0.452 e. The highest BCUT2D eigenvalue weighted by Crippen LogP contribution is 2.05. The Morgan fingerprint density at radius 3 is 2.38 bits per heavy atom. The third kappa shape index (κ3) is 3.99. The van der Waals surface area contributed by atoms with Crippen LogP contribution in [0, 0.1) is 0 Å². The van der Waals surface area contributed by atoms with Crippen molar-refractivity contribution in [2.45, 2.75) is 19.3 Å². The predicted molar refractivity (Wildman–Crippen MR) is 34.7 cm³/mol. The fraction of sp³-hybridized carbons (Fsp3) is 0.800. The molecule has 0 aromatic heterocycles. The second kappa shape index (κ2) is 3.78. The van der Waals surface area contributed by atoms with E-state index < -0.39 is 0 Å². The molecule has 0 saturated carbocycles. The molecule has 0 spiro atoms. The van der Waals surface area contributed by atoms with E-state index >= 15 is 0 Å². The van der Waals surface area contributed by atoms with Crippen molar-refractivity contribution in [3.63, 3.8) is 0 Å². The summed E-state index contributed by atoms with van der Waals surface area (Å²) in [6.45, 7) is 3.25. The number of thioether (sulfide) groups is 1. The summed E-state index contributed by atoms with van der Waals surface area (Å²) in [6, 6.07) is 0. The maximum Gasteiger partial charge on any atom is 0.303 e. The molecule has 0 aromatic rings. The summed E-state index contributed by atoms with van der Waals surface area (Å²) >= 11 is 1.51. The molecule has 0 radical (unpaired) electrons. The van der Waals surface area contributed by atoms with Crippen LogP contribution in [-0.4, -0.2) is 17.7 Å². The van der Waals surface area contributed by atoms with E-state index in [2.05, 4.69) is 0 Å². The van der Waals surface area contributed by atoms with E-state index in [-0.39, 0.29) is 11.4 Å².